The number of aromatic nitrogens is 2. The molecule has 0 aliphatic heterocycles. The quantitative estimate of drug-likeness (QED) is 0.902. The van der Waals surface area contributed by atoms with Gasteiger partial charge in [0.05, 0.1) is 15.6 Å². The molecule has 2 aromatic rings. The molecule has 0 spiro atoms. The first-order chi connectivity index (χ1) is 10.2. The molecule has 2 aliphatic carbocycles. The molecule has 0 bridgehead atoms. The fraction of sp³-hybridized carbons (Fsp3) is 0.412. The molecule has 21 heavy (non-hydrogen) atoms. The van der Waals surface area contributed by atoms with Gasteiger partial charge in [0.15, 0.2) is 0 Å². The first-order valence-corrected chi connectivity index (χ1v) is 8.35. The van der Waals surface area contributed by atoms with Crippen LogP contribution in [-0.4, -0.2) is 17.0 Å². The van der Waals surface area contributed by atoms with Crippen molar-refractivity contribution >= 4 is 21.7 Å². The van der Waals surface area contributed by atoms with Crippen molar-refractivity contribution in [2.75, 3.05) is 12.4 Å². The highest BCUT2D eigenvalue weighted by Crippen LogP contribution is 2.53. The van der Waals surface area contributed by atoms with Crippen molar-refractivity contribution in [3.63, 3.8) is 0 Å². The second-order valence-electron chi connectivity index (χ2n) is 6.07. The summed E-state index contributed by atoms with van der Waals surface area (Å²) in [7, 11) is 1.93. The molecule has 108 valence electrons. The number of anilines is 1. The zero-order chi connectivity index (χ0) is 14.4. The van der Waals surface area contributed by atoms with E-state index in [4.69, 9.17) is 9.97 Å². The Bertz CT molecular complexity index is 676. The maximum absolute atomic E-state index is 4.96. The minimum absolute atomic E-state index is 0.0389. The van der Waals surface area contributed by atoms with Crippen LogP contribution >= 0.6 is 15.9 Å². The zero-order valence-electron chi connectivity index (χ0n) is 12.1. The molecule has 2 saturated carbocycles. The lowest BCUT2D eigenvalue weighted by atomic mass is 9.95. The molecule has 2 fully saturated rings. The molecular formula is C17H18BrN3. The first-order valence-electron chi connectivity index (χ1n) is 7.56. The normalized spacial score (nSPS) is 19.3. The van der Waals surface area contributed by atoms with Gasteiger partial charge in [-0.05, 0) is 47.2 Å². The molecule has 3 nitrogen and oxygen atoms in total. The molecule has 0 saturated heterocycles. The highest BCUT2D eigenvalue weighted by molar-refractivity contribution is 9.10. The van der Waals surface area contributed by atoms with Crippen LogP contribution in [0.4, 0.5) is 5.82 Å². The Morgan fingerprint density at radius 2 is 1.86 bits per heavy atom. The van der Waals surface area contributed by atoms with E-state index in [1.165, 1.54) is 24.1 Å². The van der Waals surface area contributed by atoms with Crippen LogP contribution in [0.25, 0.3) is 0 Å². The number of hydrogen-bond donors (Lipinski definition) is 1. The Morgan fingerprint density at radius 1 is 1.14 bits per heavy atom. The van der Waals surface area contributed by atoms with Crippen molar-refractivity contribution in [3.05, 3.63) is 51.9 Å². The smallest absolute Gasteiger partial charge is 0.144 e. The van der Waals surface area contributed by atoms with Gasteiger partial charge in [-0.15, -0.1) is 0 Å². The van der Waals surface area contributed by atoms with Gasteiger partial charge < -0.3 is 5.32 Å². The van der Waals surface area contributed by atoms with Crippen LogP contribution < -0.4 is 5.32 Å². The van der Waals surface area contributed by atoms with E-state index in [0.717, 1.165) is 29.0 Å². The minimum Gasteiger partial charge on any atom is -0.372 e. The predicted molar refractivity (Wildman–Crippen MR) is 87.7 cm³/mol. The lowest BCUT2D eigenvalue weighted by Gasteiger charge is -2.18. The summed E-state index contributed by atoms with van der Waals surface area (Å²) >= 11 is 3.67. The lowest BCUT2D eigenvalue weighted by Crippen LogP contribution is -2.16. The first kappa shape index (κ1) is 13.3. The molecule has 1 aromatic heterocycles. The standard InChI is InChI=1S/C17H18BrN3/c1-19-15-13(18)14(11-7-8-11)20-16(21-15)17(9-10-17)12-5-3-2-4-6-12/h2-6,11H,7-10H2,1H3,(H,19,20,21). The summed E-state index contributed by atoms with van der Waals surface area (Å²) in [5, 5.41) is 3.21. The summed E-state index contributed by atoms with van der Waals surface area (Å²) in [4.78, 5) is 9.76. The van der Waals surface area contributed by atoms with Gasteiger partial charge in [0.1, 0.15) is 11.6 Å². The molecule has 1 heterocycles. The number of hydrogen-bond acceptors (Lipinski definition) is 3. The minimum atomic E-state index is 0.0389. The Labute approximate surface area is 133 Å². The van der Waals surface area contributed by atoms with Crippen LogP contribution in [0.15, 0.2) is 34.8 Å². The number of benzene rings is 1. The zero-order valence-corrected chi connectivity index (χ0v) is 13.7. The number of nitrogens with zero attached hydrogens (tertiary/aromatic N) is 2. The van der Waals surface area contributed by atoms with E-state index in [1.54, 1.807) is 0 Å². The van der Waals surface area contributed by atoms with E-state index in [2.05, 4.69) is 51.6 Å². The van der Waals surface area contributed by atoms with Gasteiger partial charge in [-0.3, -0.25) is 0 Å². The van der Waals surface area contributed by atoms with Gasteiger partial charge in [-0.1, -0.05) is 30.3 Å². The molecule has 1 aromatic carbocycles. The third-order valence-corrected chi connectivity index (χ3v) is 5.36. The fourth-order valence-corrected chi connectivity index (χ4v) is 3.69. The summed E-state index contributed by atoms with van der Waals surface area (Å²) < 4.78 is 1.04. The van der Waals surface area contributed by atoms with E-state index in [9.17, 15) is 0 Å². The van der Waals surface area contributed by atoms with E-state index in [0.29, 0.717) is 5.92 Å². The lowest BCUT2D eigenvalue weighted by molar-refractivity contribution is 0.738. The second kappa shape index (κ2) is 4.80. The van der Waals surface area contributed by atoms with Crippen LogP contribution in [0.5, 0.6) is 0 Å². The van der Waals surface area contributed by atoms with Gasteiger partial charge in [0.25, 0.3) is 0 Å². The predicted octanol–water partition coefficient (Wildman–Crippen LogP) is 4.24. The molecular weight excluding hydrogens is 326 g/mol. The molecule has 4 heteroatoms. The number of halogens is 1. The fourth-order valence-electron chi connectivity index (χ4n) is 2.99. The van der Waals surface area contributed by atoms with Crippen LogP contribution in [-0.2, 0) is 5.41 Å². The van der Waals surface area contributed by atoms with E-state index >= 15 is 0 Å². The monoisotopic (exact) mass is 343 g/mol. The molecule has 0 unspecified atom stereocenters. The van der Waals surface area contributed by atoms with Crippen molar-refractivity contribution in [1.29, 1.82) is 0 Å². The molecule has 1 N–H and O–H groups in total. The van der Waals surface area contributed by atoms with Crippen LogP contribution in [0, 0.1) is 0 Å². The average molecular weight is 344 g/mol. The molecule has 2 aliphatic rings. The van der Waals surface area contributed by atoms with Gasteiger partial charge in [0, 0.05) is 13.0 Å². The van der Waals surface area contributed by atoms with E-state index in [1.807, 2.05) is 7.05 Å². The van der Waals surface area contributed by atoms with Gasteiger partial charge in [-0.25, -0.2) is 9.97 Å². The maximum Gasteiger partial charge on any atom is 0.144 e. The van der Waals surface area contributed by atoms with E-state index < -0.39 is 0 Å². The number of nitrogens with one attached hydrogen (secondary N) is 1. The van der Waals surface area contributed by atoms with Crippen molar-refractivity contribution < 1.29 is 0 Å². The Hall–Kier alpha value is -1.42. The van der Waals surface area contributed by atoms with Crippen LogP contribution in [0.2, 0.25) is 0 Å². The third-order valence-electron chi connectivity index (χ3n) is 4.58. The Balaban J connectivity index is 1.83. The largest absolute Gasteiger partial charge is 0.372 e. The Morgan fingerprint density at radius 3 is 2.43 bits per heavy atom. The Kier molecular flexibility index (Phi) is 3.03. The van der Waals surface area contributed by atoms with Gasteiger partial charge >= 0.3 is 0 Å². The summed E-state index contributed by atoms with van der Waals surface area (Å²) in [5.74, 6) is 2.52. The molecule has 0 radical (unpaired) electrons. The molecule has 4 rings (SSSR count). The van der Waals surface area contributed by atoms with Gasteiger partial charge in [0.2, 0.25) is 0 Å². The van der Waals surface area contributed by atoms with Gasteiger partial charge in [-0.2, -0.15) is 0 Å². The van der Waals surface area contributed by atoms with Crippen molar-refractivity contribution in [2.45, 2.75) is 37.0 Å². The van der Waals surface area contributed by atoms with Crippen molar-refractivity contribution in [2.24, 2.45) is 0 Å². The maximum atomic E-state index is 4.96. The SMILES string of the molecule is CNc1nc(C2(c3ccccc3)CC2)nc(C2CC2)c1Br. The summed E-state index contributed by atoms with van der Waals surface area (Å²) in [6.07, 6.45) is 4.78. The van der Waals surface area contributed by atoms with Crippen LogP contribution in [0.1, 0.15) is 48.7 Å². The van der Waals surface area contributed by atoms with E-state index in [-0.39, 0.29) is 5.41 Å². The van der Waals surface area contributed by atoms with Crippen molar-refractivity contribution in [3.8, 4) is 0 Å². The molecule has 0 atom stereocenters. The highest BCUT2D eigenvalue weighted by atomic mass is 79.9. The second-order valence-corrected chi connectivity index (χ2v) is 6.86. The number of rotatable bonds is 4. The summed E-state index contributed by atoms with van der Waals surface area (Å²) in [6, 6.07) is 10.7. The van der Waals surface area contributed by atoms with Crippen LogP contribution in [0.3, 0.4) is 0 Å². The third kappa shape index (κ3) is 2.16. The summed E-state index contributed by atoms with van der Waals surface area (Å²) in [5.41, 5.74) is 2.57. The molecule has 0 amide bonds. The summed E-state index contributed by atoms with van der Waals surface area (Å²) in [6.45, 7) is 0. The average Bonchev–Trinajstić information content (AvgIpc) is 3.40. The highest BCUT2D eigenvalue weighted by Gasteiger charge is 2.49. The van der Waals surface area contributed by atoms with Crippen molar-refractivity contribution in [1.82, 2.24) is 9.97 Å². The topological polar surface area (TPSA) is 37.8 Å².